The summed E-state index contributed by atoms with van der Waals surface area (Å²) in [5.74, 6) is 1.18. The average molecular weight is 420 g/mol. The average Bonchev–Trinajstić information content (AvgIpc) is 2.82. The van der Waals surface area contributed by atoms with Gasteiger partial charge in [0, 0.05) is 22.4 Å². The summed E-state index contributed by atoms with van der Waals surface area (Å²) < 4.78 is 0. The monoisotopic (exact) mass is 419 g/mol. The van der Waals surface area contributed by atoms with Crippen LogP contribution in [0.2, 0.25) is 0 Å². The van der Waals surface area contributed by atoms with Crippen molar-refractivity contribution in [1.29, 1.82) is 0 Å². The first-order chi connectivity index (χ1) is 14.7. The van der Waals surface area contributed by atoms with E-state index in [0.29, 0.717) is 17.4 Å². The topological polar surface area (TPSA) is 68.0 Å². The van der Waals surface area contributed by atoms with Crippen LogP contribution < -0.4 is 11.1 Å². The second-order valence-corrected chi connectivity index (χ2v) is 9.01. The summed E-state index contributed by atoms with van der Waals surface area (Å²) in [6, 6.07) is 18.1. The van der Waals surface area contributed by atoms with Crippen LogP contribution in [0.25, 0.3) is 22.2 Å². The number of amides is 1. The molecule has 2 aromatic carbocycles. The maximum atomic E-state index is 13.1. The smallest absolute Gasteiger partial charge is 0.252 e. The Hall–Kier alpha value is -2.37. The van der Waals surface area contributed by atoms with Crippen molar-refractivity contribution in [2.45, 2.75) is 30.6 Å². The first-order valence-corrected chi connectivity index (χ1v) is 11.9. The zero-order valence-corrected chi connectivity index (χ0v) is 18.3. The van der Waals surface area contributed by atoms with E-state index in [0.717, 1.165) is 48.1 Å². The number of carbonyl (C=O) groups is 1. The molecule has 1 aliphatic rings. The minimum atomic E-state index is -0.0171. The Labute approximate surface area is 182 Å². The zero-order chi connectivity index (χ0) is 20.9. The number of carbonyl (C=O) groups excluding carboxylic acids is 1. The fourth-order valence-electron chi connectivity index (χ4n) is 4.28. The van der Waals surface area contributed by atoms with Crippen molar-refractivity contribution in [1.82, 2.24) is 10.3 Å². The van der Waals surface area contributed by atoms with Gasteiger partial charge in [-0.3, -0.25) is 4.79 Å². The fourth-order valence-corrected chi connectivity index (χ4v) is 4.68. The van der Waals surface area contributed by atoms with Gasteiger partial charge in [0.25, 0.3) is 5.91 Å². The third kappa shape index (κ3) is 4.68. The van der Waals surface area contributed by atoms with Crippen LogP contribution in [0, 0.1) is 11.8 Å². The van der Waals surface area contributed by atoms with E-state index in [-0.39, 0.29) is 5.91 Å². The Bertz CT molecular complexity index is 1010. The number of thioether (sulfide) groups is 1. The van der Waals surface area contributed by atoms with E-state index in [1.54, 1.807) is 11.8 Å². The number of pyridine rings is 1. The van der Waals surface area contributed by atoms with Crippen LogP contribution in [0.15, 0.2) is 59.5 Å². The number of hydrogen-bond acceptors (Lipinski definition) is 4. The quantitative estimate of drug-likeness (QED) is 0.544. The molecule has 0 spiro atoms. The van der Waals surface area contributed by atoms with Gasteiger partial charge >= 0.3 is 0 Å². The van der Waals surface area contributed by atoms with E-state index in [1.165, 1.54) is 17.7 Å². The van der Waals surface area contributed by atoms with Crippen LogP contribution in [0.3, 0.4) is 0 Å². The van der Waals surface area contributed by atoms with Crippen LogP contribution in [0.4, 0.5) is 0 Å². The highest BCUT2D eigenvalue weighted by Crippen LogP contribution is 2.29. The summed E-state index contributed by atoms with van der Waals surface area (Å²) in [6.45, 7) is 1.51. The maximum Gasteiger partial charge on any atom is 0.252 e. The van der Waals surface area contributed by atoms with E-state index >= 15 is 0 Å². The summed E-state index contributed by atoms with van der Waals surface area (Å²) in [7, 11) is 0. The van der Waals surface area contributed by atoms with E-state index in [2.05, 4.69) is 35.8 Å². The van der Waals surface area contributed by atoms with Gasteiger partial charge < -0.3 is 11.1 Å². The molecule has 3 N–H and O–H groups in total. The van der Waals surface area contributed by atoms with Crippen LogP contribution >= 0.6 is 11.8 Å². The Kier molecular flexibility index (Phi) is 6.70. The molecular formula is C25H29N3OS. The number of para-hydroxylation sites is 1. The van der Waals surface area contributed by atoms with Gasteiger partial charge in [0.2, 0.25) is 0 Å². The molecule has 0 bridgehead atoms. The largest absolute Gasteiger partial charge is 0.352 e. The minimum absolute atomic E-state index is 0.0171. The van der Waals surface area contributed by atoms with Crippen LogP contribution in [0.5, 0.6) is 0 Å². The number of benzene rings is 2. The van der Waals surface area contributed by atoms with Gasteiger partial charge in [-0.15, -0.1) is 11.8 Å². The Morgan fingerprint density at radius 2 is 1.77 bits per heavy atom. The van der Waals surface area contributed by atoms with Gasteiger partial charge in [0.05, 0.1) is 16.8 Å². The number of rotatable bonds is 6. The number of nitrogens with zero attached hydrogens (tertiary/aromatic N) is 1. The maximum absolute atomic E-state index is 13.1. The van der Waals surface area contributed by atoms with Crippen LogP contribution in [0.1, 0.15) is 36.0 Å². The lowest BCUT2D eigenvalue weighted by molar-refractivity contribution is 0.0943. The zero-order valence-electron chi connectivity index (χ0n) is 17.4. The normalized spacial score (nSPS) is 19.0. The molecule has 1 aliphatic carbocycles. The lowest BCUT2D eigenvalue weighted by Gasteiger charge is -2.27. The SMILES string of the molecule is CSc1ccc(-c2cc(C(=O)NCC3CCC(CN)CC3)c3ccccc3n2)cc1. The third-order valence-corrected chi connectivity index (χ3v) is 6.94. The molecule has 1 aromatic heterocycles. The number of hydrogen-bond donors (Lipinski definition) is 2. The molecule has 30 heavy (non-hydrogen) atoms. The van der Waals surface area contributed by atoms with Gasteiger partial charge in [-0.25, -0.2) is 4.98 Å². The molecule has 156 valence electrons. The number of aromatic nitrogens is 1. The van der Waals surface area contributed by atoms with Crippen molar-refractivity contribution in [3.05, 3.63) is 60.2 Å². The van der Waals surface area contributed by atoms with Crippen molar-refractivity contribution >= 4 is 28.6 Å². The van der Waals surface area contributed by atoms with Gasteiger partial charge in [0.1, 0.15) is 0 Å². The molecule has 1 fully saturated rings. The highest BCUT2D eigenvalue weighted by atomic mass is 32.2. The van der Waals surface area contributed by atoms with Crippen molar-refractivity contribution < 1.29 is 4.79 Å². The summed E-state index contributed by atoms with van der Waals surface area (Å²) in [6.07, 6.45) is 6.70. The predicted molar refractivity (Wildman–Crippen MR) is 126 cm³/mol. The Morgan fingerprint density at radius 1 is 1.07 bits per heavy atom. The molecule has 3 aromatic rings. The Morgan fingerprint density at radius 3 is 2.47 bits per heavy atom. The van der Waals surface area contributed by atoms with Crippen LogP contribution in [-0.4, -0.2) is 30.2 Å². The van der Waals surface area contributed by atoms with Crippen LogP contribution in [-0.2, 0) is 0 Å². The second-order valence-electron chi connectivity index (χ2n) is 8.13. The third-order valence-electron chi connectivity index (χ3n) is 6.20. The molecule has 1 heterocycles. The molecule has 4 rings (SSSR count). The van der Waals surface area contributed by atoms with Gasteiger partial charge in [-0.1, -0.05) is 30.3 Å². The van der Waals surface area contributed by atoms with E-state index in [4.69, 9.17) is 10.7 Å². The first-order valence-electron chi connectivity index (χ1n) is 10.7. The van der Waals surface area contributed by atoms with Gasteiger partial charge in [-0.05, 0) is 74.6 Å². The molecule has 1 amide bonds. The van der Waals surface area contributed by atoms with Gasteiger partial charge in [-0.2, -0.15) is 0 Å². The van der Waals surface area contributed by atoms with E-state index < -0.39 is 0 Å². The number of nitrogens with two attached hydrogens (primary N) is 1. The summed E-state index contributed by atoms with van der Waals surface area (Å²) in [5, 5.41) is 4.08. The summed E-state index contributed by atoms with van der Waals surface area (Å²) in [4.78, 5) is 19.2. The fraction of sp³-hybridized carbons (Fsp3) is 0.360. The van der Waals surface area contributed by atoms with Gasteiger partial charge in [0.15, 0.2) is 0 Å². The standard InChI is InChI=1S/C25H29N3OS/c1-30-20-12-10-19(11-13-20)24-14-22(21-4-2-3-5-23(21)28-24)25(29)27-16-18-8-6-17(15-26)7-9-18/h2-5,10-14,17-18H,6-9,15-16,26H2,1H3,(H,27,29). The second kappa shape index (κ2) is 9.63. The Balaban J connectivity index is 1.56. The molecule has 4 nitrogen and oxygen atoms in total. The summed E-state index contributed by atoms with van der Waals surface area (Å²) >= 11 is 1.71. The number of nitrogens with one attached hydrogen (secondary N) is 1. The molecule has 0 radical (unpaired) electrons. The molecule has 0 unspecified atom stereocenters. The lowest BCUT2D eigenvalue weighted by Crippen LogP contribution is -2.32. The molecule has 0 atom stereocenters. The van der Waals surface area contributed by atoms with Crippen molar-refractivity contribution in [2.75, 3.05) is 19.3 Å². The minimum Gasteiger partial charge on any atom is -0.352 e. The molecule has 5 heteroatoms. The predicted octanol–water partition coefficient (Wildman–Crippen LogP) is 5.12. The van der Waals surface area contributed by atoms with E-state index in [1.807, 2.05) is 30.3 Å². The van der Waals surface area contributed by atoms with Crippen molar-refractivity contribution in [3.8, 4) is 11.3 Å². The van der Waals surface area contributed by atoms with Crippen molar-refractivity contribution in [2.24, 2.45) is 17.6 Å². The lowest BCUT2D eigenvalue weighted by atomic mass is 9.82. The summed E-state index contributed by atoms with van der Waals surface area (Å²) in [5.41, 5.74) is 9.19. The van der Waals surface area contributed by atoms with Crippen molar-refractivity contribution in [3.63, 3.8) is 0 Å². The van der Waals surface area contributed by atoms with E-state index in [9.17, 15) is 4.79 Å². The molecule has 0 saturated heterocycles. The number of fused-ring (bicyclic) bond motifs is 1. The molecule has 1 saturated carbocycles. The first kappa shape index (κ1) is 20.9. The highest BCUT2D eigenvalue weighted by molar-refractivity contribution is 7.98. The molecule has 0 aliphatic heterocycles. The highest BCUT2D eigenvalue weighted by Gasteiger charge is 2.21. The molecular weight excluding hydrogens is 390 g/mol.